The number of hydrogen-bond donors (Lipinski definition) is 3. The number of methoxy groups -OCH3 is 2. The number of H-pyrrole nitrogens is 2. The van der Waals surface area contributed by atoms with Gasteiger partial charge in [0.1, 0.15) is 11.4 Å². The van der Waals surface area contributed by atoms with Gasteiger partial charge in [0.15, 0.2) is 5.82 Å². The van der Waals surface area contributed by atoms with Crippen LogP contribution in [0.25, 0.3) is 10.9 Å². The van der Waals surface area contributed by atoms with Crippen LogP contribution < -0.4 is 10.1 Å². The molecule has 1 aliphatic heterocycles. The van der Waals surface area contributed by atoms with Gasteiger partial charge >= 0.3 is 5.97 Å². The maximum Gasteiger partial charge on any atom is 0.308 e. The smallest absolute Gasteiger partial charge is 0.308 e. The molecule has 3 aromatic rings. The first-order valence-corrected chi connectivity index (χ1v) is 12.9. The Morgan fingerprint density at radius 2 is 1.78 bits per heavy atom. The molecule has 1 unspecified atom stereocenters. The lowest BCUT2D eigenvalue weighted by Gasteiger charge is -2.38. The standard InChI is InChI=1S/C27H33N5O5/c1-36-19-11-10-18-13-22(28-20(18)14-19)25(33)29-24-15-21(30-31-24)23-5-3-4-12-32(23)26(34)16-6-8-17(9-7-16)27(35)37-2/h10-11,13-17,23,28H,3-9,12H2,1-2H3,(H2,29,30,31,33). The first kappa shape index (κ1) is 24.9. The number of carbonyl (C=O) groups excluding carboxylic acids is 3. The van der Waals surface area contributed by atoms with E-state index >= 15 is 0 Å². The summed E-state index contributed by atoms with van der Waals surface area (Å²) in [5.74, 6) is 0.595. The van der Waals surface area contributed by atoms with Crippen molar-refractivity contribution >= 4 is 34.5 Å². The van der Waals surface area contributed by atoms with Crippen molar-refractivity contribution in [1.82, 2.24) is 20.1 Å². The average molecular weight is 508 g/mol. The van der Waals surface area contributed by atoms with E-state index in [-0.39, 0.29) is 35.7 Å². The van der Waals surface area contributed by atoms with Gasteiger partial charge in [-0.2, -0.15) is 5.10 Å². The molecule has 1 aromatic carbocycles. The Kier molecular flexibility index (Phi) is 7.16. The Morgan fingerprint density at radius 1 is 1.00 bits per heavy atom. The fraction of sp³-hybridized carbons (Fsp3) is 0.481. The van der Waals surface area contributed by atoms with Gasteiger partial charge in [0, 0.05) is 35.5 Å². The first-order chi connectivity index (χ1) is 18.0. The maximum absolute atomic E-state index is 13.5. The second-order valence-corrected chi connectivity index (χ2v) is 9.91. The summed E-state index contributed by atoms with van der Waals surface area (Å²) in [5, 5.41) is 11.1. The van der Waals surface area contributed by atoms with Crippen LogP contribution in [-0.2, 0) is 14.3 Å². The Bertz CT molecular complexity index is 1290. The number of carbonyl (C=O) groups is 3. The molecule has 1 saturated heterocycles. The normalized spacial score (nSPS) is 22.0. The number of piperidine rings is 1. The molecule has 2 aliphatic rings. The van der Waals surface area contributed by atoms with Gasteiger partial charge in [0.05, 0.1) is 31.9 Å². The summed E-state index contributed by atoms with van der Waals surface area (Å²) in [6.07, 6.45) is 5.57. The Morgan fingerprint density at radius 3 is 2.54 bits per heavy atom. The Balaban J connectivity index is 1.25. The lowest BCUT2D eigenvalue weighted by Crippen LogP contribution is -2.43. The number of ether oxygens (including phenoxy) is 2. The van der Waals surface area contributed by atoms with E-state index in [1.54, 1.807) is 13.2 Å². The zero-order chi connectivity index (χ0) is 25.9. The number of fused-ring (bicyclic) bond motifs is 1. The second kappa shape index (κ2) is 10.7. The molecule has 0 bridgehead atoms. The molecule has 2 aromatic heterocycles. The van der Waals surface area contributed by atoms with Crippen LogP contribution in [0.1, 0.15) is 67.2 Å². The lowest BCUT2D eigenvalue weighted by atomic mass is 9.80. The van der Waals surface area contributed by atoms with Crippen LogP contribution in [0.5, 0.6) is 5.75 Å². The number of nitrogens with one attached hydrogen (secondary N) is 3. The molecule has 196 valence electrons. The molecule has 1 saturated carbocycles. The zero-order valence-corrected chi connectivity index (χ0v) is 21.2. The van der Waals surface area contributed by atoms with Crippen LogP contribution >= 0.6 is 0 Å². The van der Waals surface area contributed by atoms with E-state index in [0.717, 1.165) is 35.9 Å². The van der Waals surface area contributed by atoms with E-state index in [9.17, 15) is 14.4 Å². The van der Waals surface area contributed by atoms with Crippen molar-refractivity contribution in [2.75, 3.05) is 26.1 Å². The summed E-state index contributed by atoms with van der Waals surface area (Å²) in [4.78, 5) is 43.3. The number of rotatable bonds is 6. The number of nitrogens with zero attached hydrogens (tertiary/aromatic N) is 2. The van der Waals surface area contributed by atoms with Crippen molar-refractivity contribution in [1.29, 1.82) is 0 Å². The summed E-state index contributed by atoms with van der Waals surface area (Å²) in [7, 11) is 3.01. The van der Waals surface area contributed by atoms with Crippen molar-refractivity contribution in [2.45, 2.75) is 51.0 Å². The fourth-order valence-electron chi connectivity index (χ4n) is 5.61. The largest absolute Gasteiger partial charge is 0.497 e. The van der Waals surface area contributed by atoms with Gasteiger partial charge in [0.25, 0.3) is 5.91 Å². The predicted molar refractivity (Wildman–Crippen MR) is 137 cm³/mol. The predicted octanol–water partition coefficient (Wildman–Crippen LogP) is 4.18. The highest BCUT2D eigenvalue weighted by Gasteiger charge is 2.36. The third-order valence-electron chi connectivity index (χ3n) is 7.67. The molecule has 2 fully saturated rings. The summed E-state index contributed by atoms with van der Waals surface area (Å²) in [6.45, 7) is 0.694. The molecule has 0 spiro atoms. The third-order valence-corrected chi connectivity index (χ3v) is 7.67. The number of anilines is 1. The highest BCUT2D eigenvalue weighted by molar-refractivity contribution is 6.05. The number of benzene rings is 1. The number of aromatic amines is 2. The van der Waals surface area contributed by atoms with E-state index in [1.807, 2.05) is 29.2 Å². The summed E-state index contributed by atoms with van der Waals surface area (Å²) >= 11 is 0. The topological polar surface area (TPSA) is 129 Å². The highest BCUT2D eigenvalue weighted by Crippen LogP contribution is 2.36. The number of hydrogen-bond acceptors (Lipinski definition) is 6. The SMILES string of the molecule is COC(=O)C1CCC(C(=O)N2CCCCC2c2cc(NC(=O)c3cc4ccc(OC)cc4[nH]3)n[nH]2)CC1. The number of aromatic nitrogens is 3. The van der Waals surface area contributed by atoms with Crippen LogP contribution in [0.3, 0.4) is 0 Å². The summed E-state index contributed by atoms with van der Waals surface area (Å²) in [6, 6.07) is 9.07. The molecule has 3 N–H and O–H groups in total. The van der Waals surface area contributed by atoms with Crippen LogP contribution in [0, 0.1) is 11.8 Å². The second-order valence-electron chi connectivity index (χ2n) is 9.91. The molecular formula is C27H33N5O5. The van der Waals surface area contributed by atoms with E-state index < -0.39 is 0 Å². The molecule has 10 nitrogen and oxygen atoms in total. The van der Waals surface area contributed by atoms with Gasteiger partial charge in [0.2, 0.25) is 5.91 Å². The van der Waals surface area contributed by atoms with E-state index in [1.165, 1.54) is 7.11 Å². The molecule has 1 atom stereocenters. The molecule has 5 rings (SSSR count). The Labute approximate surface area is 215 Å². The van der Waals surface area contributed by atoms with Gasteiger partial charge in [-0.1, -0.05) is 0 Å². The molecule has 37 heavy (non-hydrogen) atoms. The van der Waals surface area contributed by atoms with Crippen LogP contribution in [0.15, 0.2) is 30.3 Å². The number of esters is 1. The van der Waals surface area contributed by atoms with E-state index in [4.69, 9.17) is 9.47 Å². The molecular weight excluding hydrogens is 474 g/mol. The van der Waals surface area contributed by atoms with Gasteiger partial charge in [-0.15, -0.1) is 0 Å². The van der Waals surface area contributed by atoms with Crippen molar-refractivity contribution in [3.05, 3.63) is 41.7 Å². The molecule has 2 amide bonds. The summed E-state index contributed by atoms with van der Waals surface area (Å²) < 4.78 is 10.1. The van der Waals surface area contributed by atoms with E-state index in [0.29, 0.717) is 49.5 Å². The van der Waals surface area contributed by atoms with Gasteiger partial charge < -0.3 is 24.7 Å². The van der Waals surface area contributed by atoms with Crippen LogP contribution in [0.2, 0.25) is 0 Å². The third kappa shape index (κ3) is 5.19. The highest BCUT2D eigenvalue weighted by atomic mass is 16.5. The lowest BCUT2D eigenvalue weighted by molar-refractivity contribution is -0.149. The van der Waals surface area contributed by atoms with Crippen LogP contribution in [0.4, 0.5) is 5.82 Å². The van der Waals surface area contributed by atoms with Crippen molar-refractivity contribution in [2.24, 2.45) is 11.8 Å². The molecule has 3 heterocycles. The van der Waals surface area contributed by atoms with Gasteiger partial charge in [-0.25, -0.2) is 0 Å². The minimum atomic E-state index is -0.299. The number of amides is 2. The van der Waals surface area contributed by atoms with Crippen molar-refractivity contribution in [3.8, 4) is 5.75 Å². The molecule has 10 heteroatoms. The monoisotopic (exact) mass is 507 g/mol. The number of likely N-dealkylation sites (tertiary alicyclic amines) is 1. The zero-order valence-electron chi connectivity index (χ0n) is 21.2. The maximum atomic E-state index is 13.5. The molecule has 0 radical (unpaired) electrons. The van der Waals surface area contributed by atoms with Crippen LogP contribution in [-0.4, -0.2) is 58.6 Å². The minimum absolute atomic E-state index is 0.0794. The Hall–Kier alpha value is -3.82. The van der Waals surface area contributed by atoms with Gasteiger partial charge in [-0.3, -0.25) is 19.5 Å². The van der Waals surface area contributed by atoms with Gasteiger partial charge in [-0.05, 0) is 63.1 Å². The molecule has 1 aliphatic carbocycles. The van der Waals surface area contributed by atoms with Crippen molar-refractivity contribution < 1.29 is 23.9 Å². The fourth-order valence-corrected chi connectivity index (χ4v) is 5.61. The average Bonchev–Trinajstić information content (AvgIpc) is 3.59. The minimum Gasteiger partial charge on any atom is -0.497 e. The first-order valence-electron chi connectivity index (χ1n) is 12.9. The van der Waals surface area contributed by atoms with E-state index in [2.05, 4.69) is 20.5 Å². The quantitative estimate of drug-likeness (QED) is 0.429. The summed E-state index contributed by atoms with van der Waals surface area (Å²) in [5.41, 5.74) is 2.04. The van der Waals surface area contributed by atoms with Crippen molar-refractivity contribution in [3.63, 3.8) is 0 Å².